The average Bonchev–Trinajstić information content (AvgIpc) is 3.50. The average molecular weight is 422 g/mol. The molecule has 0 aliphatic heterocycles. The van der Waals surface area contributed by atoms with Crippen molar-refractivity contribution in [3.8, 4) is 0 Å². The van der Waals surface area contributed by atoms with Gasteiger partial charge in [0, 0.05) is 25.1 Å². The van der Waals surface area contributed by atoms with Crippen LogP contribution in [0, 0.1) is 30.1 Å². The van der Waals surface area contributed by atoms with Crippen LogP contribution in [0.2, 0.25) is 0 Å². The maximum Gasteiger partial charge on any atom is 0.270 e. The molecule has 2 aromatic heterocycles. The minimum Gasteiger partial charge on any atom is -0.273 e. The second kappa shape index (κ2) is 6.78. The Morgan fingerprint density at radius 1 is 1.10 bits per heavy atom. The lowest BCUT2D eigenvalue weighted by Crippen LogP contribution is -2.50. The van der Waals surface area contributed by atoms with Gasteiger partial charge in [0.15, 0.2) is 5.65 Å². The molecule has 7 heteroatoms. The van der Waals surface area contributed by atoms with Gasteiger partial charge < -0.3 is 0 Å². The Bertz CT molecular complexity index is 1050. The lowest BCUT2D eigenvalue weighted by molar-refractivity contribution is -0.130. The first-order chi connectivity index (χ1) is 14.9. The molecule has 7 nitrogen and oxygen atoms in total. The van der Waals surface area contributed by atoms with Crippen LogP contribution in [0.4, 0.5) is 0 Å². The largest absolute Gasteiger partial charge is 0.273 e. The minimum atomic E-state index is -0.288. The molecule has 0 spiro atoms. The normalized spacial score (nSPS) is 31.2. The summed E-state index contributed by atoms with van der Waals surface area (Å²) in [5, 5.41) is 5.22. The van der Waals surface area contributed by atoms with Gasteiger partial charge in [-0.15, -0.1) is 0 Å². The van der Waals surface area contributed by atoms with Crippen molar-refractivity contribution >= 4 is 22.8 Å². The molecular formula is C24H31N5O2. The van der Waals surface area contributed by atoms with E-state index >= 15 is 0 Å². The monoisotopic (exact) mass is 421 g/mol. The van der Waals surface area contributed by atoms with E-state index in [2.05, 4.69) is 16.0 Å². The van der Waals surface area contributed by atoms with Crippen LogP contribution in [-0.2, 0) is 11.8 Å². The second-order valence-corrected chi connectivity index (χ2v) is 10.9. The molecule has 0 saturated heterocycles. The summed E-state index contributed by atoms with van der Waals surface area (Å²) in [6.07, 6.45) is 10.4. The first-order valence-electron chi connectivity index (χ1n) is 11.8. The molecule has 164 valence electrons. The molecule has 5 aliphatic rings. The van der Waals surface area contributed by atoms with Crippen LogP contribution in [0.3, 0.4) is 0 Å². The number of hydrazine groups is 1. The molecule has 5 aliphatic carbocycles. The van der Waals surface area contributed by atoms with Crippen molar-refractivity contribution < 1.29 is 9.59 Å². The van der Waals surface area contributed by atoms with Gasteiger partial charge >= 0.3 is 0 Å². The topological polar surface area (TPSA) is 88.9 Å². The highest BCUT2D eigenvalue weighted by Crippen LogP contribution is 2.61. The molecule has 0 atom stereocenters. The van der Waals surface area contributed by atoms with Crippen molar-refractivity contribution in [3.05, 3.63) is 23.0 Å². The number of carbonyl (C=O) groups is 2. The zero-order valence-electron chi connectivity index (χ0n) is 18.4. The molecule has 4 bridgehead atoms. The molecule has 2 heterocycles. The molecule has 2 aromatic rings. The Hall–Kier alpha value is -2.44. The Balaban J connectivity index is 1.18. The molecule has 0 unspecified atom stereocenters. The zero-order chi connectivity index (χ0) is 21.3. The van der Waals surface area contributed by atoms with E-state index in [1.54, 1.807) is 4.68 Å². The van der Waals surface area contributed by atoms with Crippen molar-refractivity contribution in [3.63, 3.8) is 0 Å². The fraction of sp³-hybridized carbons (Fsp3) is 0.667. The molecule has 0 aromatic carbocycles. The lowest BCUT2D eigenvalue weighted by Gasteiger charge is -2.56. The number of fused-ring (bicyclic) bond motifs is 1. The first-order valence-corrected chi connectivity index (χ1v) is 11.8. The third-order valence-corrected chi connectivity index (χ3v) is 8.24. The number of amides is 2. The van der Waals surface area contributed by atoms with E-state index in [1.165, 1.54) is 38.5 Å². The second-order valence-electron chi connectivity index (χ2n) is 10.9. The number of rotatable bonds is 4. The maximum atomic E-state index is 13.1. The standard InChI is InChI=1S/C24H31N5O2/c1-13-21-18(8-19(17-3-4-17)25-22(21)29(2)28-13)23(31)27-26-20(30)12-24-9-14-5-15(10-24)7-16(6-14)11-24/h8,14-17H,3-7,9-12H2,1-2H3,(H,26,30)(H,27,31). The van der Waals surface area contributed by atoms with Crippen molar-refractivity contribution in [2.75, 3.05) is 0 Å². The van der Waals surface area contributed by atoms with Gasteiger partial charge in [0.2, 0.25) is 5.91 Å². The zero-order valence-corrected chi connectivity index (χ0v) is 18.4. The minimum absolute atomic E-state index is 0.0640. The van der Waals surface area contributed by atoms with E-state index in [-0.39, 0.29) is 17.2 Å². The van der Waals surface area contributed by atoms with Crippen LogP contribution in [0.1, 0.15) is 85.5 Å². The van der Waals surface area contributed by atoms with Crippen LogP contribution in [0.25, 0.3) is 11.0 Å². The Morgan fingerprint density at radius 3 is 2.35 bits per heavy atom. The molecule has 2 amide bonds. The quantitative estimate of drug-likeness (QED) is 0.739. The predicted octanol–water partition coefficient (Wildman–Crippen LogP) is 3.52. The Kier molecular flexibility index (Phi) is 4.21. The van der Waals surface area contributed by atoms with Gasteiger partial charge in [0.05, 0.1) is 16.6 Å². The third-order valence-electron chi connectivity index (χ3n) is 8.24. The van der Waals surface area contributed by atoms with Crippen LogP contribution >= 0.6 is 0 Å². The van der Waals surface area contributed by atoms with Crippen molar-refractivity contribution in [1.29, 1.82) is 0 Å². The van der Waals surface area contributed by atoms with E-state index in [0.717, 1.165) is 53.0 Å². The van der Waals surface area contributed by atoms with Gasteiger partial charge in [0.25, 0.3) is 5.91 Å². The van der Waals surface area contributed by atoms with E-state index in [9.17, 15) is 9.59 Å². The van der Waals surface area contributed by atoms with E-state index in [4.69, 9.17) is 4.98 Å². The summed E-state index contributed by atoms with van der Waals surface area (Å²) < 4.78 is 1.74. The number of nitrogens with zero attached hydrogens (tertiary/aromatic N) is 3. The highest BCUT2D eigenvalue weighted by molar-refractivity contribution is 6.07. The van der Waals surface area contributed by atoms with Gasteiger partial charge in [-0.25, -0.2) is 4.98 Å². The van der Waals surface area contributed by atoms with Crippen molar-refractivity contribution in [2.24, 2.45) is 30.2 Å². The predicted molar refractivity (Wildman–Crippen MR) is 116 cm³/mol. The van der Waals surface area contributed by atoms with Crippen LogP contribution in [0.15, 0.2) is 6.07 Å². The molecule has 2 N–H and O–H groups in total. The number of carbonyl (C=O) groups excluding carboxylic acids is 2. The van der Waals surface area contributed by atoms with Gasteiger partial charge in [-0.2, -0.15) is 5.10 Å². The fourth-order valence-electron chi connectivity index (χ4n) is 7.32. The number of aryl methyl sites for hydroxylation is 2. The van der Waals surface area contributed by atoms with Gasteiger partial charge in [-0.3, -0.25) is 25.1 Å². The summed E-state index contributed by atoms with van der Waals surface area (Å²) >= 11 is 0. The first kappa shape index (κ1) is 19.3. The van der Waals surface area contributed by atoms with Crippen LogP contribution in [-0.4, -0.2) is 26.6 Å². The SMILES string of the molecule is Cc1nn(C)c2nc(C3CC3)cc(C(=O)NNC(=O)CC34CC5CC(CC(C5)C3)C4)c12. The summed E-state index contributed by atoms with van der Waals surface area (Å²) in [6.45, 7) is 1.89. The van der Waals surface area contributed by atoms with E-state index < -0.39 is 0 Å². The molecule has 5 fully saturated rings. The summed E-state index contributed by atoms with van der Waals surface area (Å²) in [6, 6.07) is 1.88. The van der Waals surface area contributed by atoms with Gasteiger partial charge in [-0.05, 0) is 87.5 Å². The molecule has 31 heavy (non-hydrogen) atoms. The number of nitrogens with one attached hydrogen (secondary N) is 2. The summed E-state index contributed by atoms with van der Waals surface area (Å²) in [5.41, 5.74) is 8.58. The Labute approximate surface area is 182 Å². The summed E-state index contributed by atoms with van der Waals surface area (Å²) in [5.74, 6) is 2.52. The fourth-order valence-corrected chi connectivity index (χ4v) is 7.32. The summed E-state index contributed by atoms with van der Waals surface area (Å²) in [4.78, 5) is 30.7. The Morgan fingerprint density at radius 2 is 1.74 bits per heavy atom. The molecule has 7 rings (SSSR count). The van der Waals surface area contributed by atoms with Gasteiger partial charge in [0.1, 0.15) is 0 Å². The van der Waals surface area contributed by atoms with Crippen molar-refractivity contribution in [2.45, 2.75) is 70.6 Å². The number of hydrogen-bond acceptors (Lipinski definition) is 4. The van der Waals surface area contributed by atoms with Crippen molar-refractivity contribution in [1.82, 2.24) is 25.6 Å². The van der Waals surface area contributed by atoms with Crippen LogP contribution in [0.5, 0.6) is 0 Å². The molecular weight excluding hydrogens is 390 g/mol. The van der Waals surface area contributed by atoms with E-state index in [0.29, 0.717) is 17.9 Å². The summed E-state index contributed by atoms with van der Waals surface area (Å²) in [7, 11) is 1.86. The lowest BCUT2D eigenvalue weighted by atomic mass is 9.49. The highest BCUT2D eigenvalue weighted by Gasteiger charge is 2.51. The number of hydrogen-bond donors (Lipinski definition) is 2. The molecule has 0 radical (unpaired) electrons. The van der Waals surface area contributed by atoms with E-state index in [1.807, 2.05) is 20.0 Å². The number of aromatic nitrogens is 3. The van der Waals surface area contributed by atoms with Gasteiger partial charge in [-0.1, -0.05) is 0 Å². The smallest absolute Gasteiger partial charge is 0.270 e. The third kappa shape index (κ3) is 3.33. The van der Waals surface area contributed by atoms with Crippen LogP contribution < -0.4 is 10.9 Å². The number of pyridine rings is 1. The highest BCUT2D eigenvalue weighted by atomic mass is 16.2. The maximum absolute atomic E-state index is 13.1. The molecule has 5 saturated carbocycles.